The highest BCUT2D eigenvalue weighted by Gasteiger charge is 2.25. The number of nitrogens with zero attached hydrogens (tertiary/aromatic N) is 3. The molecule has 2 aromatic rings. The monoisotopic (exact) mass is 317 g/mol. The number of rotatable bonds is 3. The van der Waals surface area contributed by atoms with Gasteiger partial charge in [-0.05, 0) is 17.7 Å². The van der Waals surface area contributed by atoms with Gasteiger partial charge in [0.2, 0.25) is 0 Å². The zero-order valence-electron chi connectivity index (χ0n) is 12.0. The van der Waals surface area contributed by atoms with Crippen LogP contribution in [0.2, 0.25) is 5.02 Å². The third-order valence-corrected chi connectivity index (χ3v) is 3.84. The Morgan fingerprint density at radius 1 is 1.32 bits per heavy atom. The van der Waals surface area contributed by atoms with Gasteiger partial charge in [-0.25, -0.2) is 4.98 Å². The van der Waals surface area contributed by atoms with Crippen molar-refractivity contribution in [2.75, 3.05) is 19.7 Å². The van der Waals surface area contributed by atoms with E-state index in [1.54, 1.807) is 11.1 Å². The molecule has 0 radical (unpaired) electrons. The SMILES string of the molecule is O=C(c1cnccn1)N1CCO[C@H](Cc2ccc(Cl)cc2)C1. The van der Waals surface area contributed by atoms with Crippen molar-refractivity contribution >= 4 is 17.5 Å². The second kappa shape index (κ2) is 6.85. The first kappa shape index (κ1) is 14.9. The minimum absolute atomic E-state index is 0.0180. The molecule has 3 rings (SSSR count). The van der Waals surface area contributed by atoms with Gasteiger partial charge in [-0.3, -0.25) is 9.78 Å². The zero-order valence-corrected chi connectivity index (χ0v) is 12.7. The molecule has 2 heterocycles. The number of carbonyl (C=O) groups excluding carboxylic acids is 1. The largest absolute Gasteiger partial charge is 0.374 e. The van der Waals surface area contributed by atoms with Gasteiger partial charge in [0.05, 0.1) is 18.9 Å². The van der Waals surface area contributed by atoms with Gasteiger partial charge in [-0.15, -0.1) is 0 Å². The van der Waals surface area contributed by atoms with Gasteiger partial charge < -0.3 is 9.64 Å². The highest BCUT2D eigenvalue weighted by atomic mass is 35.5. The van der Waals surface area contributed by atoms with Crippen LogP contribution in [0.3, 0.4) is 0 Å². The molecule has 0 unspecified atom stereocenters. The van der Waals surface area contributed by atoms with Crippen LogP contribution in [0.4, 0.5) is 0 Å². The summed E-state index contributed by atoms with van der Waals surface area (Å²) >= 11 is 5.89. The van der Waals surface area contributed by atoms with Gasteiger partial charge >= 0.3 is 0 Å². The normalized spacial score (nSPS) is 18.2. The molecular formula is C16H16ClN3O2. The average Bonchev–Trinajstić information content (AvgIpc) is 2.57. The lowest BCUT2D eigenvalue weighted by atomic mass is 10.1. The average molecular weight is 318 g/mol. The van der Waals surface area contributed by atoms with Gasteiger partial charge in [0.15, 0.2) is 0 Å². The van der Waals surface area contributed by atoms with E-state index in [-0.39, 0.29) is 12.0 Å². The van der Waals surface area contributed by atoms with Crippen LogP contribution < -0.4 is 0 Å². The molecule has 1 amide bonds. The Hall–Kier alpha value is -1.98. The summed E-state index contributed by atoms with van der Waals surface area (Å²) in [5.41, 5.74) is 1.51. The molecule has 1 aromatic carbocycles. The van der Waals surface area contributed by atoms with Gasteiger partial charge in [-0.2, -0.15) is 0 Å². The molecule has 114 valence electrons. The third-order valence-electron chi connectivity index (χ3n) is 3.58. The number of hydrogen-bond donors (Lipinski definition) is 0. The third kappa shape index (κ3) is 3.61. The first-order valence-electron chi connectivity index (χ1n) is 7.14. The maximum absolute atomic E-state index is 12.4. The molecule has 0 bridgehead atoms. The van der Waals surface area contributed by atoms with Gasteiger partial charge in [0, 0.05) is 36.9 Å². The molecule has 1 atom stereocenters. The van der Waals surface area contributed by atoms with Crippen LogP contribution in [-0.4, -0.2) is 46.6 Å². The Balaban J connectivity index is 1.64. The molecule has 1 fully saturated rings. The van der Waals surface area contributed by atoms with E-state index in [2.05, 4.69) is 9.97 Å². The Morgan fingerprint density at radius 2 is 2.14 bits per heavy atom. The van der Waals surface area contributed by atoms with E-state index >= 15 is 0 Å². The number of halogens is 1. The Kier molecular flexibility index (Phi) is 4.65. The number of hydrogen-bond acceptors (Lipinski definition) is 4. The Bertz CT molecular complexity index is 634. The van der Waals surface area contributed by atoms with Crippen molar-refractivity contribution in [1.82, 2.24) is 14.9 Å². The molecule has 1 aromatic heterocycles. The van der Waals surface area contributed by atoms with Crippen LogP contribution in [0.5, 0.6) is 0 Å². The van der Waals surface area contributed by atoms with E-state index in [1.165, 1.54) is 12.4 Å². The second-order valence-corrected chi connectivity index (χ2v) is 5.60. The molecule has 5 nitrogen and oxygen atoms in total. The lowest BCUT2D eigenvalue weighted by molar-refractivity contribution is -0.0210. The van der Waals surface area contributed by atoms with Crippen LogP contribution in [0.1, 0.15) is 16.1 Å². The first-order valence-corrected chi connectivity index (χ1v) is 7.51. The summed E-state index contributed by atoms with van der Waals surface area (Å²) in [5.74, 6) is -0.0995. The van der Waals surface area contributed by atoms with Gasteiger partial charge in [0.1, 0.15) is 5.69 Å². The molecule has 0 saturated carbocycles. The van der Waals surface area contributed by atoms with Crippen LogP contribution in [0, 0.1) is 0 Å². The molecule has 0 aliphatic carbocycles. The van der Waals surface area contributed by atoms with E-state index in [0.717, 1.165) is 12.0 Å². The fourth-order valence-corrected chi connectivity index (χ4v) is 2.61. The van der Waals surface area contributed by atoms with E-state index in [9.17, 15) is 4.79 Å². The number of amides is 1. The minimum atomic E-state index is -0.0995. The predicted molar refractivity (Wildman–Crippen MR) is 82.8 cm³/mol. The summed E-state index contributed by atoms with van der Waals surface area (Å²) in [6.45, 7) is 1.66. The van der Waals surface area contributed by atoms with Crippen molar-refractivity contribution in [2.24, 2.45) is 0 Å². The summed E-state index contributed by atoms with van der Waals surface area (Å²) in [5, 5.41) is 0.716. The van der Waals surface area contributed by atoms with Crippen LogP contribution in [0.25, 0.3) is 0 Å². The van der Waals surface area contributed by atoms with Crippen molar-refractivity contribution in [3.8, 4) is 0 Å². The van der Waals surface area contributed by atoms with E-state index < -0.39 is 0 Å². The standard InChI is InChI=1S/C16H16ClN3O2/c17-13-3-1-12(2-4-13)9-14-11-20(7-8-22-14)16(21)15-10-18-5-6-19-15/h1-6,10,14H,7-9,11H2/t14-/m1/s1. The van der Waals surface area contributed by atoms with E-state index in [0.29, 0.717) is 30.4 Å². The fourth-order valence-electron chi connectivity index (χ4n) is 2.48. The summed E-state index contributed by atoms with van der Waals surface area (Å²) < 4.78 is 5.77. The van der Waals surface area contributed by atoms with Crippen LogP contribution in [0.15, 0.2) is 42.9 Å². The maximum Gasteiger partial charge on any atom is 0.274 e. The Morgan fingerprint density at radius 3 is 2.86 bits per heavy atom. The molecule has 1 aliphatic rings. The number of morpholine rings is 1. The molecule has 22 heavy (non-hydrogen) atoms. The molecule has 1 aliphatic heterocycles. The number of carbonyl (C=O) groups is 1. The topological polar surface area (TPSA) is 55.3 Å². The Labute approximate surface area is 133 Å². The number of aromatic nitrogens is 2. The number of benzene rings is 1. The van der Waals surface area contributed by atoms with Gasteiger partial charge in [-0.1, -0.05) is 23.7 Å². The molecule has 1 saturated heterocycles. The van der Waals surface area contributed by atoms with E-state index in [1.807, 2.05) is 24.3 Å². The quantitative estimate of drug-likeness (QED) is 0.871. The van der Waals surface area contributed by atoms with E-state index in [4.69, 9.17) is 16.3 Å². The highest BCUT2D eigenvalue weighted by Crippen LogP contribution is 2.15. The molecule has 0 spiro atoms. The van der Waals surface area contributed by atoms with Crippen LogP contribution >= 0.6 is 11.6 Å². The van der Waals surface area contributed by atoms with Crippen molar-refractivity contribution in [2.45, 2.75) is 12.5 Å². The first-order chi connectivity index (χ1) is 10.7. The summed E-state index contributed by atoms with van der Waals surface area (Å²) in [6.07, 6.45) is 5.31. The van der Waals surface area contributed by atoms with Crippen LogP contribution in [-0.2, 0) is 11.2 Å². The lowest BCUT2D eigenvalue weighted by Gasteiger charge is -2.32. The number of ether oxygens (including phenoxy) is 1. The predicted octanol–water partition coefficient (Wildman–Crippen LogP) is 2.21. The lowest BCUT2D eigenvalue weighted by Crippen LogP contribution is -2.46. The maximum atomic E-state index is 12.4. The molecular weight excluding hydrogens is 302 g/mol. The molecule has 6 heteroatoms. The minimum Gasteiger partial charge on any atom is -0.374 e. The summed E-state index contributed by atoms with van der Waals surface area (Å²) in [7, 11) is 0. The summed E-state index contributed by atoms with van der Waals surface area (Å²) in [4.78, 5) is 22.2. The van der Waals surface area contributed by atoms with Gasteiger partial charge in [0.25, 0.3) is 5.91 Å². The summed E-state index contributed by atoms with van der Waals surface area (Å²) in [6, 6.07) is 7.69. The highest BCUT2D eigenvalue weighted by molar-refractivity contribution is 6.30. The fraction of sp³-hybridized carbons (Fsp3) is 0.312. The zero-order chi connectivity index (χ0) is 15.4. The van der Waals surface area contributed by atoms with Crippen molar-refractivity contribution in [3.63, 3.8) is 0 Å². The van der Waals surface area contributed by atoms with Crippen molar-refractivity contribution in [1.29, 1.82) is 0 Å². The second-order valence-electron chi connectivity index (χ2n) is 5.17. The van der Waals surface area contributed by atoms with Crippen molar-refractivity contribution in [3.05, 3.63) is 59.1 Å². The smallest absolute Gasteiger partial charge is 0.274 e. The molecule has 0 N–H and O–H groups in total. The van der Waals surface area contributed by atoms with Crippen molar-refractivity contribution < 1.29 is 9.53 Å².